The zero-order valence-corrected chi connectivity index (χ0v) is 11.5. The van der Waals surface area contributed by atoms with E-state index in [0.29, 0.717) is 6.61 Å². The van der Waals surface area contributed by atoms with Crippen molar-refractivity contribution in [1.82, 2.24) is 0 Å². The lowest BCUT2D eigenvalue weighted by atomic mass is 9.86. The number of hydrogen-bond acceptors (Lipinski definition) is 2. The Kier molecular flexibility index (Phi) is 5.82. The van der Waals surface area contributed by atoms with Gasteiger partial charge in [0.15, 0.2) is 0 Å². The van der Waals surface area contributed by atoms with Crippen LogP contribution in [-0.4, -0.2) is 12.2 Å². The molecule has 0 N–H and O–H groups in total. The summed E-state index contributed by atoms with van der Waals surface area (Å²) in [5.41, 5.74) is -0.0103. The van der Waals surface area contributed by atoms with Crippen molar-refractivity contribution in [2.24, 2.45) is 11.3 Å². The molecule has 0 spiro atoms. The highest BCUT2D eigenvalue weighted by Gasteiger charge is 2.21. The Morgan fingerprint density at radius 2 is 1.53 bits per heavy atom. The first-order valence-corrected chi connectivity index (χ1v) is 5.93. The first-order chi connectivity index (χ1) is 6.62. The Morgan fingerprint density at radius 1 is 1.00 bits per heavy atom. The zero-order valence-electron chi connectivity index (χ0n) is 11.5. The lowest BCUT2D eigenvalue weighted by molar-refractivity contribution is -0.359. The van der Waals surface area contributed by atoms with Gasteiger partial charge < -0.3 is 0 Å². The molecule has 0 aliphatic heterocycles. The monoisotopic (exact) mass is 216 g/mol. The van der Waals surface area contributed by atoms with E-state index in [1.54, 1.807) is 0 Å². The minimum atomic E-state index is -0.214. The molecule has 0 aliphatic carbocycles. The lowest BCUT2D eigenvalue weighted by Gasteiger charge is -2.26. The van der Waals surface area contributed by atoms with E-state index in [0.717, 1.165) is 5.92 Å². The van der Waals surface area contributed by atoms with E-state index in [9.17, 15) is 0 Å². The van der Waals surface area contributed by atoms with Crippen molar-refractivity contribution >= 4 is 0 Å². The SMILES string of the molecule is CC(C)CCC(C)(C)COOC(C)(C)C. The topological polar surface area (TPSA) is 18.5 Å². The molecule has 2 nitrogen and oxygen atoms in total. The van der Waals surface area contributed by atoms with E-state index in [2.05, 4.69) is 27.7 Å². The molecule has 0 rings (SSSR count). The van der Waals surface area contributed by atoms with Crippen LogP contribution in [0.5, 0.6) is 0 Å². The fourth-order valence-electron chi connectivity index (χ4n) is 1.12. The first kappa shape index (κ1) is 14.9. The second-order valence-corrected chi connectivity index (χ2v) is 6.55. The summed E-state index contributed by atoms with van der Waals surface area (Å²) >= 11 is 0. The molecule has 2 heteroatoms. The largest absolute Gasteiger partial charge is 0.236 e. The quantitative estimate of drug-likeness (QED) is 0.489. The van der Waals surface area contributed by atoms with Crippen LogP contribution in [0.3, 0.4) is 0 Å². The molecule has 0 unspecified atom stereocenters. The Bertz CT molecular complexity index is 166. The van der Waals surface area contributed by atoms with Crippen LogP contribution >= 0.6 is 0 Å². The third kappa shape index (κ3) is 10.2. The second kappa shape index (κ2) is 5.86. The van der Waals surface area contributed by atoms with Crippen molar-refractivity contribution < 1.29 is 9.78 Å². The van der Waals surface area contributed by atoms with Crippen molar-refractivity contribution in [2.75, 3.05) is 6.61 Å². The van der Waals surface area contributed by atoms with Crippen LogP contribution in [0.2, 0.25) is 0 Å². The maximum absolute atomic E-state index is 5.30. The van der Waals surface area contributed by atoms with E-state index in [1.807, 2.05) is 20.8 Å². The van der Waals surface area contributed by atoms with Crippen LogP contribution in [0.1, 0.15) is 61.3 Å². The van der Waals surface area contributed by atoms with Crippen LogP contribution in [0, 0.1) is 11.3 Å². The average Bonchev–Trinajstić information content (AvgIpc) is 1.98. The normalized spacial score (nSPS) is 13.6. The van der Waals surface area contributed by atoms with Gasteiger partial charge in [-0.2, -0.15) is 0 Å². The van der Waals surface area contributed by atoms with Crippen molar-refractivity contribution in [1.29, 1.82) is 0 Å². The fourth-order valence-corrected chi connectivity index (χ4v) is 1.12. The van der Waals surface area contributed by atoms with Crippen molar-refractivity contribution in [3.63, 3.8) is 0 Å². The van der Waals surface area contributed by atoms with E-state index >= 15 is 0 Å². The molecule has 0 atom stereocenters. The van der Waals surface area contributed by atoms with Crippen LogP contribution in [-0.2, 0) is 9.78 Å². The molecule has 0 aromatic rings. The average molecular weight is 216 g/mol. The molecule has 0 aromatic heterocycles. The minimum Gasteiger partial charge on any atom is -0.236 e. The van der Waals surface area contributed by atoms with E-state index in [4.69, 9.17) is 9.78 Å². The third-order valence-electron chi connectivity index (χ3n) is 2.16. The van der Waals surface area contributed by atoms with Gasteiger partial charge in [-0.05, 0) is 38.5 Å². The van der Waals surface area contributed by atoms with Crippen LogP contribution in [0.4, 0.5) is 0 Å². The van der Waals surface area contributed by atoms with Crippen molar-refractivity contribution in [3.05, 3.63) is 0 Å². The van der Waals surface area contributed by atoms with E-state index < -0.39 is 0 Å². The van der Waals surface area contributed by atoms with Gasteiger partial charge in [-0.3, -0.25) is 0 Å². The molecule has 0 radical (unpaired) electrons. The summed E-state index contributed by atoms with van der Waals surface area (Å²) in [4.78, 5) is 10.6. The predicted molar refractivity (Wildman–Crippen MR) is 64.6 cm³/mol. The first-order valence-electron chi connectivity index (χ1n) is 5.93. The van der Waals surface area contributed by atoms with Crippen LogP contribution < -0.4 is 0 Å². The Balaban J connectivity index is 3.74. The third-order valence-corrected chi connectivity index (χ3v) is 2.16. The summed E-state index contributed by atoms with van der Waals surface area (Å²) in [5, 5.41) is 0. The van der Waals surface area contributed by atoms with Gasteiger partial charge >= 0.3 is 0 Å². The van der Waals surface area contributed by atoms with Gasteiger partial charge in [-0.15, -0.1) is 0 Å². The molecule has 0 bridgehead atoms. The lowest BCUT2D eigenvalue weighted by Crippen LogP contribution is -2.25. The van der Waals surface area contributed by atoms with Gasteiger partial charge in [0, 0.05) is 0 Å². The standard InChI is InChI=1S/C13H28O2/c1-11(2)8-9-13(6,7)10-14-15-12(3,4)5/h11H,8-10H2,1-7H3. The molecule has 0 aliphatic rings. The van der Waals surface area contributed by atoms with Gasteiger partial charge in [0.1, 0.15) is 0 Å². The molecule has 0 amide bonds. The molecule has 92 valence electrons. The molecular formula is C13H28O2. The molecule has 15 heavy (non-hydrogen) atoms. The summed E-state index contributed by atoms with van der Waals surface area (Å²) in [5.74, 6) is 0.757. The van der Waals surface area contributed by atoms with Gasteiger partial charge in [0.25, 0.3) is 0 Å². The Hall–Kier alpha value is -0.0800. The minimum absolute atomic E-state index is 0.204. The Morgan fingerprint density at radius 3 is 1.93 bits per heavy atom. The summed E-state index contributed by atoms with van der Waals surface area (Å²) in [6, 6.07) is 0. The smallest absolute Gasteiger partial charge is 0.0952 e. The molecular weight excluding hydrogens is 188 g/mol. The molecule has 0 saturated carbocycles. The van der Waals surface area contributed by atoms with E-state index in [1.165, 1.54) is 12.8 Å². The predicted octanol–water partition coefficient (Wildman–Crippen LogP) is 4.20. The molecule has 0 saturated heterocycles. The highest BCUT2D eigenvalue weighted by atomic mass is 17.2. The van der Waals surface area contributed by atoms with E-state index in [-0.39, 0.29) is 11.0 Å². The van der Waals surface area contributed by atoms with Crippen molar-refractivity contribution in [2.45, 2.75) is 66.9 Å². The van der Waals surface area contributed by atoms with Gasteiger partial charge in [0.05, 0.1) is 12.2 Å². The summed E-state index contributed by atoms with van der Waals surface area (Å²) < 4.78 is 0. The van der Waals surface area contributed by atoms with Crippen molar-refractivity contribution in [3.8, 4) is 0 Å². The summed E-state index contributed by atoms with van der Waals surface area (Å²) in [6.07, 6.45) is 2.42. The van der Waals surface area contributed by atoms with Crippen LogP contribution in [0.25, 0.3) is 0 Å². The number of hydrogen-bond donors (Lipinski definition) is 0. The van der Waals surface area contributed by atoms with Gasteiger partial charge in [-0.1, -0.05) is 34.1 Å². The van der Waals surface area contributed by atoms with Gasteiger partial charge in [-0.25, -0.2) is 9.78 Å². The molecule has 0 fully saturated rings. The highest BCUT2D eigenvalue weighted by molar-refractivity contribution is 4.68. The Labute approximate surface area is 95.3 Å². The maximum Gasteiger partial charge on any atom is 0.0952 e. The zero-order chi connectivity index (χ0) is 12.1. The maximum atomic E-state index is 5.30. The molecule has 0 aromatic carbocycles. The van der Waals surface area contributed by atoms with Crippen LogP contribution in [0.15, 0.2) is 0 Å². The summed E-state index contributed by atoms with van der Waals surface area (Å²) in [6.45, 7) is 15.6. The fraction of sp³-hybridized carbons (Fsp3) is 1.00. The second-order valence-electron chi connectivity index (χ2n) is 6.55. The molecule has 0 heterocycles. The number of rotatable bonds is 6. The highest BCUT2D eigenvalue weighted by Crippen LogP contribution is 2.25. The van der Waals surface area contributed by atoms with Gasteiger partial charge in [0.2, 0.25) is 0 Å². The summed E-state index contributed by atoms with van der Waals surface area (Å²) in [7, 11) is 0.